The molecule has 0 atom stereocenters. The number of nitrogens with zero attached hydrogens (tertiary/aromatic N) is 3. The highest BCUT2D eigenvalue weighted by Gasteiger charge is 2.33. The highest BCUT2D eigenvalue weighted by Crippen LogP contribution is 2.30. The molecule has 1 aliphatic rings. The average molecular weight is 430 g/mol. The largest absolute Gasteiger partial charge is 0.433 e. The molecular formula is C22H21F3N4O2. The Balaban J connectivity index is 1.44. The van der Waals surface area contributed by atoms with Crippen LogP contribution in [0.5, 0.6) is 0 Å². The molecule has 2 aromatic heterocycles. The van der Waals surface area contributed by atoms with Crippen molar-refractivity contribution in [3.8, 4) is 0 Å². The first kappa shape index (κ1) is 20.9. The molecule has 0 bridgehead atoms. The van der Waals surface area contributed by atoms with Crippen LogP contribution in [0.4, 0.5) is 24.7 Å². The van der Waals surface area contributed by atoms with E-state index in [1.807, 2.05) is 6.07 Å². The molecular weight excluding hydrogens is 409 g/mol. The van der Waals surface area contributed by atoms with Crippen LogP contribution in [0.3, 0.4) is 0 Å². The Morgan fingerprint density at radius 1 is 1.06 bits per heavy atom. The van der Waals surface area contributed by atoms with Gasteiger partial charge >= 0.3 is 6.18 Å². The fourth-order valence-electron chi connectivity index (χ4n) is 3.88. The molecule has 1 aliphatic heterocycles. The minimum absolute atomic E-state index is 0.133. The number of nitrogens with one attached hydrogen (secondary N) is 1. The van der Waals surface area contributed by atoms with E-state index >= 15 is 0 Å². The van der Waals surface area contributed by atoms with Gasteiger partial charge in [-0.3, -0.25) is 9.59 Å². The predicted octanol–water partition coefficient (Wildman–Crippen LogP) is 3.81. The number of carbonyl (C=O) groups is 1. The second-order valence-corrected chi connectivity index (χ2v) is 7.60. The predicted molar refractivity (Wildman–Crippen MR) is 112 cm³/mol. The van der Waals surface area contributed by atoms with Gasteiger partial charge in [-0.2, -0.15) is 13.2 Å². The van der Waals surface area contributed by atoms with Gasteiger partial charge in [-0.25, -0.2) is 4.98 Å². The van der Waals surface area contributed by atoms with Crippen molar-refractivity contribution in [2.75, 3.05) is 23.3 Å². The molecule has 0 radical (unpaired) electrons. The van der Waals surface area contributed by atoms with E-state index in [-0.39, 0.29) is 23.2 Å². The van der Waals surface area contributed by atoms with E-state index in [0.717, 1.165) is 17.0 Å². The monoisotopic (exact) mass is 430 g/mol. The van der Waals surface area contributed by atoms with Gasteiger partial charge in [0.15, 0.2) is 0 Å². The Labute approximate surface area is 176 Å². The third-order valence-corrected chi connectivity index (χ3v) is 5.64. The number of piperidine rings is 1. The van der Waals surface area contributed by atoms with Crippen molar-refractivity contribution >= 4 is 28.3 Å². The SMILES string of the molecule is Cn1c(=O)ccc2c(NC(=O)C3CCN(c4cccc(C(F)(F)F)n4)CC3)cccc21. The number of aryl methyl sites for hydroxylation is 1. The Morgan fingerprint density at radius 2 is 1.77 bits per heavy atom. The second-order valence-electron chi connectivity index (χ2n) is 7.60. The first-order chi connectivity index (χ1) is 14.7. The number of amides is 1. The first-order valence-electron chi connectivity index (χ1n) is 9.93. The Bertz CT molecular complexity index is 1180. The summed E-state index contributed by atoms with van der Waals surface area (Å²) in [6, 6.07) is 12.4. The molecule has 0 saturated carbocycles. The lowest BCUT2D eigenvalue weighted by molar-refractivity contribution is -0.141. The zero-order valence-electron chi connectivity index (χ0n) is 16.8. The topological polar surface area (TPSA) is 67.2 Å². The van der Waals surface area contributed by atoms with Crippen molar-refractivity contribution in [3.05, 3.63) is 64.6 Å². The average Bonchev–Trinajstić information content (AvgIpc) is 2.76. The van der Waals surface area contributed by atoms with Crippen molar-refractivity contribution in [2.45, 2.75) is 19.0 Å². The van der Waals surface area contributed by atoms with Crippen molar-refractivity contribution in [1.82, 2.24) is 9.55 Å². The summed E-state index contributed by atoms with van der Waals surface area (Å²) in [5, 5.41) is 3.71. The summed E-state index contributed by atoms with van der Waals surface area (Å²) in [5.41, 5.74) is 0.289. The van der Waals surface area contributed by atoms with Crippen LogP contribution in [0.2, 0.25) is 0 Å². The van der Waals surface area contributed by atoms with Crippen LogP contribution in [-0.4, -0.2) is 28.5 Å². The maximum absolute atomic E-state index is 12.9. The van der Waals surface area contributed by atoms with E-state index in [1.54, 1.807) is 36.2 Å². The number of halogens is 3. The highest BCUT2D eigenvalue weighted by atomic mass is 19.4. The van der Waals surface area contributed by atoms with Gasteiger partial charge in [0.1, 0.15) is 11.5 Å². The van der Waals surface area contributed by atoms with E-state index in [0.29, 0.717) is 31.6 Å². The summed E-state index contributed by atoms with van der Waals surface area (Å²) in [6.45, 7) is 0.882. The van der Waals surface area contributed by atoms with Gasteiger partial charge in [0.2, 0.25) is 5.91 Å². The van der Waals surface area contributed by atoms with E-state index < -0.39 is 11.9 Å². The maximum atomic E-state index is 12.9. The molecule has 1 N–H and O–H groups in total. The van der Waals surface area contributed by atoms with Crippen LogP contribution in [0.15, 0.2) is 53.3 Å². The van der Waals surface area contributed by atoms with Crippen molar-refractivity contribution in [2.24, 2.45) is 13.0 Å². The van der Waals surface area contributed by atoms with E-state index in [9.17, 15) is 22.8 Å². The number of anilines is 2. The van der Waals surface area contributed by atoms with Gasteiger partial charge in [0.25, 0.3) is 5.56 Å². The summed E-state index contributed by atoms with van der Waals surface area (Å²) in [7, 11) is 1.67. The number of pyridine rings is 2. The zero-order chi connectivity index (χ0) is 22.2. The van der Waals surface area contributed by atoms with Gasteiger partial charge in [-0.05, 0) is 43.2 Å². The molecule has 31 heavy (non-hydrogen) atoms. The molecule has 1 aromatic carbocycles. The lowest BCUT2D eigenvalue weighted by atomic mass is 9.95. The fraction of sp³-hybridized carbons (Fsp3) is 0.318. The number of aromatic nitrogens is 2. The molecule has 3 aromatic rings. The number of fused-ring (bicyclic) bond motifs is 1. The number of alkyl halides is 3. The fourth-order valence-corrected chi connectivity index (χ4v) is 3.88. The van der Waals surface area contributed by atoms with Crippen LogP contribution < -0.4 is 15.8 Å². The van der Waals surface area contributed by atoms with Crippen molar-refractivity contribution < 1.29 is 18.0 Å². The Kier molecular flexibility index (Phi) is 5.43. The summed E-state index contributed by atoms with van der Waals surface area (Å²) < 4.78 is 40.3. The summed E-state index contributed by atoms with van der Waals surface area (Å²) >= 11 is 0. The summed E-state index contributed by atoms with van der Waals surface area (Å²) in [5.74, 6) is -0.133. The molecule has 1 saturated heterocycles. The van der Waals surface area contributed by atoms with Gasteiger partial charge < -0.3 is 14.8 Å². The number of rotatable bonds is 3. The minimum atomic E-state index is -4.49. The number of carbonyl (C=O) groups excluding carboxylic acids is 1. The lowest BCUT2D eigenvalue weighted by Crippen LogP contribution is -2.38. The van der Waals surface area contributed by atoms with Crippen LogP contribution in [-0.2, 0) is 18.0 Å². The van der Waals surface area contributed by atoms with Crippen LogP contribution in [0.25, 0.3) is 10.9 Å². The van der Waals surface area contributed by atoms with Gasteiger partial charge in [0, 0.05) is 37.5 Å². The number of benzene rings is 1. The van der Waals surface area contributed by atoms with E-state index in [1.165, 1.54) is 16.7 Å². The molecule has 0 spiro atoms. The minimum Gasteiger partial charge on any atom is -0.357 e. The Morgan fingerprint density at radius 3 is 2.48 bits per heavy atom. The zero-order valence-corrected chi connectivity index (χ0v) is 16.8. The molecule has 1 fully saturated rings. The standard InChI is InChI=1S/C22H21F3N4O2/c1-28-17-5-2-4-16(15(17)8-9-20(28)30)26-21(31)14-10-12-29(13-11-14)19-7-3-6-18(27-19)22(23,24)25/h2-9,14H,10-13H2,1H3,(H,26,31). The first-order valence-corrected chi connectivity index (χ1v) is 9.93. The molecule has 1 amide bonds. The Hall–Kier alpha value is -3.36. The number of hydrogen-bond acceptors (Lipinski definition) is 4. The molecule has 3 heterocycles. The highest BCUT2D eigenvalue weighted by molar-refractivity contribution is 6.01. The molecule has 0 unspecified atom stereocenters. The molecule has 0 aliphatic carbocycles. The van der Waals surface area contributed by atoms with Gasteiger partial charge in [0.05, 0.1) is 11.2 Å². The number of hydrogen-bond donors (Lipinski definition) is 1. The normalized spacial score (nSPS) is 15.3. The maximum Gasteiger partial charge on any atom is 0.433 e. The van der Waals surface area contributed by atoms with Gasteiger partial charge in [-0.1, -0.05) is 12.1 Å². The second kappa shape index (κ2) is 8.05. The molecule has 9 heteroatoms. The van der Waals surface area contributed by atoms with Crippen molar-refractivity contribution in [3.63, 3.8) is 0 Å². The quantitative estimate of drug-likeness (QED) is 0.686. The molecule has 4 rings (SSSR count). The lowest BCUT2D eigenvalue weighted by Gasteiger charge is -2.32. The molecule has 162 valence electrons. The van der Waals surface area contributed by atoms with Crippen molar-refractivity contribution in [1.29, 1.82) is 0 Å². The third-order valence-electron chi connectivity index (χ3n) is 5.64. The molecule has 6 nitrogen and oxygen atoms in total. The summed E-state index contributed by atoms with van der Waals surface area (Å²) in [6.07, 6.45) is -3.48. The summed E-state index contributed by atoms with van der Waals surface area (Å²) in [4.78, 5) is 30.2. The smallest absolute Gasteiger partial charge is 0.357 e. The van der Waals surface area contributed by atoms with E-state index in [2.05, 4.69) is 10.3 Å². The third kappa shape index (κ3) is 4.26. The van der Waals surface area contributed by atoms with E-state index in [4.69, 9.17) is 0 Å². The van der Waals surface area contributed by atoms with Gasteiger partial charge in [-0.15, -0.1) is 0 Å². The van der Waals surface area contributed by atoms with Crippen LogP contribution in [0.1, 0.15) is 18.5 Å². The van der Waals surface area contributed by atoms with Crippen LogP contribution >= 0.6 is 0 Å². The van der Waals surface area contributed by atoms with Crippen LogP contribution in [0, 0.1) is 5.92 Å².